The zero-order chi connectivity index (χ0) is 21.8. The molecule has 1 aliphatic rings. The maximum atomic E-state index is 13.0. The first kappa shape index (κ1) is 20.3. The fourth-order valence-electron chi connectivity index (χ4n) is 3.92. The van der Waals surface area contributed by atoms with Crippen molar-refractivity contribution >= 4 is 39.9 Å². The number of carbonyl (C=O) groups is 3. The second kappa shape index (κ2) is 8.83. The Kier molecular flexibility index (Phi) is 5.80. The fraction of sp³-hybridized carbons (Fsp3) is 0.160. The van der Waals surface area contributed by atoms with Crippen molar-refractivity contribution in [3.63, 3.8) is 0 Å². The van der Waals surface area contributed by atoms with E-state index in [0.29, 0.717) is 29.8 Å². The highest BCUT2D eigenvalue weighted by atomic mass is 16.4. The Balaban J connectivity index is 1.57. The third kappa shape index (κ3) is 4.33. The first-order valence-electron chi connectivity index (χ1n) is 10.1. The number of aliphatic carboxylic acids is 1. The smallest absolute Gasteiger partial charge is 0.307 e. The van der Waals surface area contributed by atoms with E-state index in [-0.39, 0.29) is 5.91 Å². The van der Waals surface area contributed by atoms with Crippen LogP contribution >= 0.6 is 0 Å². The van der Waals surface area contributed by atoms with Gasteiger partial charge in [-0.1, -0.05) is 60.7 Å². The van der Waals surface area contributed by atoms with Crippen LogP contribution in [0.15, 0.2) is 78.9 Å². The summed E-state index contributed by atoms with van der Waals surface area (Å²) in [4.78, 5) is 37.4. The molecule has 156 valence electrons. The molecule has 0 bridgehead atoms. The number of carboxylic acids is 1. The van der Waals surface area contributed by atoms with E-state index in [0.717, 1.165) is 10.8 Å². The van der Waals surface area contributed by atoms with Gasteiger partial charge in [0.05, 0.1) is 23.1 Å². The molecule has 0 radical (unpaired) electrons. The summed E-state index contributed by atoms with van der Waals surface area (Å²) >= 11 is 0. The summed E-state index contributed by atoms with van der Waals surface area (Å²) in [5, 5.41) is 17.1. The van der Waals surface area contributed by atoms with E-state index in [9.17, 15) is 19.5 Å². The van der Waals surface area contributed by atoms with Crippen LogP contribution in [0, 0.1) is 11.8 Å². The molecular formula is C25H22N2O4. The SMILES string of the molecule is O=C(Nc1cccc2ccccc12)c1ccccc1NC(=O)[C@H]1CC=CC[C@@H]1C(=O)O. The van der Waals surface area contributed by atoms with Gasteiger partial charge in [-0.2, -0.15) is 0 Å². The summed E-state index contributed by atoms with van der Waals surface area (Å²) < 4.78 is 0. The lowest BCUT2D eigenvalue weighted by Crippen LogP contribution is -2.35. The standard InChI is InChI=1S/C25H22N2O4/c28-23(18-11-3-4-12-19(18)25(30)31)27-22-14-6-5-13-20(22)24(29)26-21-15-7-9-16-8-1-2-10-17(16)21/h1-10,13-15,18-19H,11-12H2,(H,26,29)(H,27,28)(H,30,31)/t18-,19-/m0/s1. The molecule has 6 nitrogen and oxygen atoms in total. The van der Waals surface area contributed by atoms with Gasteiger partial charge in [-0.05, 0) is 36.4 Å². The fourth-order valence-corrected chi connectivity index (χ4v) is 3.92. The number of hydrogen-bond acceptors (Lipinski definition) is 3. The van der Waals surface area contributed by atoms with Crippen LogP contribution in [-0.2, 0) is 9.59 Å². The molecule has 0 unspecified atom stereocenters. The van der Waals surface area contributed by atoms with Crippen LogP contribution in [0.25, 0.3) is 10.8 Å². The van der Waals surface area contributed by atoms with Crippen LogP contribution < -0.4 is 10.6 Å². The Morgan fingerprint density at radius 2 is 1.39 bits per heavy atom. The molecule has 2 amide bonds. The number of benzene rings is 3. The summed E-state index contributed by atoms with van der Waals surface area (Å²) in [6.45, 7) is 0. The van der Waals surface area contributed by atoms with Gasteiger partial charge in [0.25, 0.3) is 5.91 Å². The van der Waals surface area contributed by atoms with E-state index in [2.05, 4.69) is 10.6 Å². The summed E-state index contributed by atoms with van der Waals surface area (Å²) in [6, 6.07) is 20.1. The second-order valence-electron chi connectivity index (χ2n) is 7.51. The van der Waals surface area contributed by atoms with Gasteiger partial charge in [-0.15, -0.1) is 0 Å². The summed E-state index contributed by atoms with van der Waals surface area (Å²) in [6.07, 6.45) is 4.28. The van der Waals surface area contributed by atoms with Crippen LogP contribution in [0.3, 0.4) is 0 Å². The Morgan fingerprint density at radius 3 is 2.19 bits per heavy atom. The largest absolute Gasteiger partial charge is 0.481 e. The third-order valence-corrected chi connectivity index (χ3v) is 5.55. The molecule has 2 atom stereocenters. The average molecular weight is 414 g/mol. The van der Waals surface area contributed by atoms with E-state index in [1.54, 1.807) is 30.3 Å². The molecule has 3 N–H and O–H groups in total. The minimum atomic E-state index is -0.994. The average Bonchev–Trinajstić information content (AvgIpc) is 2.79. The first-order chi connectivity index (χ1) is 15.0. The number of carbonyl (C=O) groups excluding carboxylic acids is 2. The summed E-state index contributed by atoms with van der Waals surface area (Å²) in [5.74, 6) is -3.21. The second-order valence-corrected chi connectivity index (χ2v) is 7.51. The van der Waals surface area contributed by atoms with Crippen molar-refractivity contribution in [3.05, 3.63) is 84.4 Å². The van der Waals surface area contributed by atoms with Crippen molar-refractivity contribution in [2.24, 2.45) is 11.8 Å². The Bertz CT molecular complexity index is 1180. The lowest BCUT2D eigenvalue weighted by molar-refractivity contribution is -0.146. The molecule has 3 aromatic rings. The minimum absolute atomic E-state index is 0.307. The Hall–Kier alpha value is -3.93. The highest BCUT2D eigenvalue weighted by Gasteiger charge is 2.34. The monoisotopic (exact) mass is 414 g/mol. The van der Waals surface area contributed by atoms with E-state index >= 15 is 0 Å². The predicted molar refractivity (Wildman–Crippen MR) is 120 cm³/mol. The van der Waals surface area contributed by atoms with Gasteiger partial charge in [0.1, 0.15) is 0 Å². The molecule has 4 rings (SSSR count). The van der Waals surface area contributed by atoms with Crippen LogP contribution in [0.4, 0.5) is 11.4 Å². The van der Waals surface area contributed by atoms with Gasteiger partial charge >= 0.3 is 5.97 Å². The van der Waals surface area contributed by atoms with Crippen LogP contribution in [0.1, 0.15) is 23.2 Å². The predicted octanol–water partition coefficient (Wildman–Crippen LogP) is 4.70. The molecule has 6 heteroatoms. The third-order valence-electron chi connectivity index (χ3n) is 5.55. The molecule has 0 aliphatic heterocycles. The molecule has 0 aromatic heterocycles. The van der Waals surface area contributed by atoms with Crippen LogP contribution in [0.5, 0.6) is 0 Å². The molecule has 0 fully saturated rings. The molecule has 0 saturated heterocycles. The number of allylic oxidation sites excluding steroid dienone is 2. The van der Waals surface area contributed by atoms with Gasteiger partial charge in [0.2, 0.25) is 5.91 Å². The minimum Gasteiger partial charge on any atom is -0.481 e. The number of fused-ring (bicyclic) bond motifs is 1. The topological polar surface area (TPSA) is 95.5 Å². The van der Waals surface area contributed by atoms with Gasteiger partial charge in [-0.25, -0.2) is 0 Å². The highest BCUT2D eigenvalue weighted by molar-refractivity contribution is 6.13. The lowest BCUT2D eigenvalue weighted by atomic mass is 9.82. The van der Waals surface area contributed by atoms with Crippen molar-refractivity contribution < 1.29 is 19.5 Å². The lowest BCUT2D eigenvalue weighted by Gasteiger charge is -2.24. The molecule has 31 heavy (non-hydrogen) atoms. The maximum Gasteiger partial charge on any atom is 0.307 e. The van der Waals surface area contributed by atoms with Gasteiger partial charge in [0.15, 0.2) is 0 Å². The van der Waals surface area contributed by atoms with Crippen molar-refractivity contribution in [1.82, 2.24) is 0 Å². The molecular weight excluding hydrogens is 392 g/mol. The number of rotatable bonds is 5. The van der Waals surface area contributed by atoms with Crippen LogP contribution in [0.2, 0.25) is 0 Å². The number of amides is 2. The zero-order valence-electron chi connectivity index (χ0n) is 16.7. The molecule has 0 saturated carbocycles. The Morgan fingerprint density at radius 1 is 0.742 bits per heavy atom. The summed E-state index contributed by atoms with van der Waals surface area (Å²) in [7, 11) is 0. The highest BCUT2D eigenvalue weighted by Crippen LogP contribution is 2.29. The van der Waals surface area contributed by atoms with Gasteiger partial charge < -0.3 is 15.7 Å². The number of nitrogens with one attached hydrogen (secondary N) is 2. The van der Waals surface area contributed by atoms with Crippen molar-refractivity contribution in [3.8, 4) is 0 Å². The Labute approximate surface area is 179 Å². The molecule has 3 aromatic carbocycles. The van der Waals surface area contributed by atoms with E-state index in [1.807, 2.05) is 48.5 Å². The van der Waals surface area contributed by atoms with Gasteiger partial charge in [0, 0.05) is 11.1 Å². The number of anilines is 2. The summed E-state index contributed by atoms with van der Waals surface area (Å²) in [5.41, 5.74) is 1.33. The van der Waals surface area contributed by atoms with Crippen molar-refractivity contribution in [2.75, 3.05) is 10.6 Å². The van der Waals surface area contributed by atoms with E-state index < -0.39 is 23.7 Å². The zero-order valence-corrected chi connectivity index (χ0v) is 16.7. The quantitative estimate of drug-likeness (QED) is 0.528. The number of carboxylic acid groups (broad SMARTS) is 1. The normalized spacial score (nSPS) is 17.8. The first-order valence-corrected chi connectivity index (χ1v) is 10.1. The van der Waals surface area contributed by atoms with Gasteiger partial charge in [-0.3, -0.25) is 14.4 Å². The maximum absolute atomic E-state index is 13.0. The molecule has 0 heterocycles. The molecule has 1 aliphatic carbocycles. The van der Waals surface area contributed by atoms with E-state index in [4.69, 9.17) is 0 Å². The van der Waals surface area contributed by atoms with Crippen LogP contribution in [-0.4, -0.2) is 22.9 Å². The van der Waals surface area contributed by atoms with Crippen molar-refractivity contribution in [2.45, 2.75) is 12.8 Å². The number of para-hydroxylation sites is 1. The molecule has 0 spiro atoms. The number of hydrogen-bond donors (Lipinski definition) is 3. The van der Waals surface area contributed by atoms with Crippen molar-refractivity contribution in [1.29, 1.82) is 0 Å². The van der Waals surface area contributed by atoms with E-state index in [1.165, 1.54) is 0 Å².